The number of carbonyl (C=O) groups is 2. The molecule has 1 amide bonds. The van der Waals surface area contributed by atoms with Crippen LogP contribution in [-0.2, 0) is 32.5 Å². The van der Waals surface area contributed by atoms with Gasteiger partial charge in [0.1, 0.15) is 10.7 Å². The van der Waals surface area contributed by atoms with Gasteiger partial charge in [-0.2, -0.15) is 0 Å². The molecular formula is C29H27N7O6S2. The molecule has 13 nitrogen and oxygen atoms in total. The molecule has 0 aliphatic heterocycles. The molecule has 0 spiro atoms. The zero-order chi connectivity index (χ0) is 31.3. The van der Waals surface area contributed by atoms with E-state index >= 15 is 0 Å². The Morgan fingerprint density at radius 2 is 1.86 bits per heavy atom. The van der Waals surface area contributed by atoms with Gasteiger partial charge in [-0.25, -0.2) is 27.5 Å². The molecule has 1 atom stereocenters. The Hall–Kier alpha value is -4.99. The molecule has 2 aromatic heterocycles. The first-order valence-electron chi connectivity index (χ1n) is 13.3. The third-order valence-electron chi connectivity index (χ3n) is 6.35. The van der Waals surface area contributed by atoms with Gasteiger partial charge in [0, 0.05) is 18.2 Å². The summed E-state index contributed by atoms with van der Waals surface area (Å²) in [5.41, 5.74) is 8.60. The Morgan fingerprint density at radius 1 is 1.07 bits per heavy atom. The monoisotopic (exact) mass is 633 g/mol. The molecule has 5 rings (SSSR count). The Labute approximate surface area is 256 Å². The first kappa shape index (κ1) is 30.5. The van der Waals surface area contributed by atoms with Gasteiger partial charge < -0.3 is 15.9 Å². The van der Waals surface area contributed by atoms with Crippen LogP contribution < -0.4 is 15.8 Å². The number of nitrogens with zero attached hydrogens (tertiary/aromatic N) is 4. The number of sulfonamides is 1. The molecule has 15 heteroatoms. The number of carbonyl (C=O) groups excluding carboxylic acids is 2. The predicted octanol–water partition coefficient (Wildman–Crippen LogP) is 3.94. The SMILES string of the molecule is CCc1nonc1C(=O)Nc1cccc(S(=O)(=O)NC(Cc2cccc(/C(N)=N\OC(C)=O)c2)c2nc3ccccc3s2)c1. The van der Waals surface area contributed by atoms with Gasteiger partial charge in [0.25, 0.3) is 5.91 Å². The van der Waals surface area contributed by atoms with Gasteiger partial charge in [-0.1, -0.05) is 53.6 Å². The van der Waals surface area contributed by atoms with Crippen molar-refractivity contribution < 1.29 is 27.5 Å². The molecule has 0 saturated heterocycles. The molecule has 0 aliphatic carbocycles. The van der Waals surface area contributed by atoms with E-state index in [-0.39, 0.29) is 28.5 Å². The fraction of sp³-hybridized carbons (Fsp3) is 0.172. The first-order chi connectivity index (χ1) is 21.1. The zero-order valence-corrected chi connectivity index (χ0v) is 25.2. The highest BCUT2D eigenvalue weighted by Crippen LogP contribution is 2.30. The highest BCUT2D eigenvalue weighted by Gasteiger charge is 2.26. The van der Waals surface area contributed by atoms with Crippen molar-refractivity contribution in [3.8, 4) is 0 Å². The standard InChI is InChI=1S/C29H27N7O6S2/c1-3-22-26(34-42-33-22)28(38)31-20-10-7-11-21(16-20)44(39,40)36-24(29-32-23-12-4-5-13-25(23)43-29)15-18-8-6-9-19(14-18)27(30)35-41-17(2)37/h4-14,16,24,36H,3,15H2,1-2H3,(H2,30,35)(H,31,38). The minimum Gasteiger partial charge on any atom is -0.380 e. The number of amidine groups is 1. The van der Waals surface area contributed by atoms with E-state index in [1.165, 1.54) is 36.5 Å². The summed E-state index contributed by atoms with van der Waals surface area (Å²) in [5.74, 6) is -1.20. The maximum Gasteiger partial charge on any atom is 0.332 e. The number of aromatic nitrogens is 3. The highest BCUT2D eigenvalue weighted by atomic mass is 32.2. The van der Waals surface area contributed by atoms with E-state index in [1.807, 2.05) is 30.3 Å². The highest BCUT2D eigenvalue weighted by molar-refractivity contribution is 7.89. The number of amides is 1. The lowest BCUT2D eigenvalue weighted by molar-refractivity contribution is -0.140. The van der Waals surface area contributed by atoms with Crippen LogP contribution in [-0.4, -0.2) is 41.4 Å². The lowest BCUT2D eigenvalue weighted by Gasteiger charge is -2.18. The fourth-order valence-corrected chi connectivity index (χ4v) is 6.61. The third kappa shape index (κ3) is 7.14. The number of benzene rings is 3. The van der Waals surface area contributed by atoms with Crippen molar-refractivity contribution in [3.63, 3.8) is 0 Å². The summed E-state index contributed by atoms with van der Waals surface area (Å²) in [5, 5.41) is 14.2. The van der Waals surface area contributed by atoms with E-state index in [1.54, 1.807) is 31.2 Å². The molecule has 0 aliphatic rings. The van der Waals surface area contributed by atoms with E-state index in [0.717, 1.165) is 15.8 Å². The number of oxime groups is 1. The molecule has 0 fully saturated rings. The zero-order valence-electron chi connectivity index (χ0n) is 23.6. The number of hydrogen-bond donors (Lipinski definition) is 3. The number of rotatable bonds is 11. The van der Waals surface area contributed by atoms with Crippen LogP contribution in [0.2, 0.25) is 0 Å². The van der Waals surface area contributed by atoms with Gasteiger partial charge in [0.15, 0.2) is 11.5 Å². The molecule has 0 bridgehead atoms. The number of fused-ring (bicyclic) bond motifs is 1. The van der Waals surface area contributed by atoms with Crippen molar-refractivity contribution in [1.82, 2.24) is 20.0 Å². The van der Waals surface area contributed by atoms with E-state index in [2.05, 4.69) is 35.0 Å². The lowest BCUT2D eigenvalue weighted by atomic mass is 10.0. The minimum atomic E-state index is -4.12. The summed E-state index contributed by atoms with van der Waals surface area (Å²) in [4.78, 5) is 33.2. The number of aryl methyl sites for hydroxylation is 1. The Morgan fingerprint density at radius 3 is 2.64 bits per heavy atom. The molecule has 44 heavy (non-hydrogen) atoms. The number of thiazole rings is 1. The van der Waals surface area contributed by atoms with Crippen LogP contribution in [0, 0.1) is 0 Å². The Bertz CT molecular complexity index is 1940. The molecular weight excluding hydrogens is 606 g/mol. The maximum atomic E-state index is 13.7. The van der Waals surface area contributed by atoms with E-state index < -0.39 is 27.9 Å². The smallest absolute Gasteiger partial charge is 0.332 e. The first-order valence-corrected chi connectivity index (χ1v) is 15.6. The van der Waals surface area contributed by atoms with Crippen LogP contribution in [0.15, 0.2) is 87.5 Å². The van der Waals surface area contributed by atoms with E-state index in [4.69, 9.17) is 10.7 Å². The molecule has 0 saturated carbocycles. The molecule has 226 valence electrons. The van der Waals surface area contributed by atoms with Crippen LogP contribution in [0.25, 0.3) is 10.2 Å². The number of nitrogens with two attached hydrogens (primary N) is 1. The molecule has 1 unspecified atom stereocenters. The van der Waals surface area contributed by atoms with Crippen molar-refractivity contribution in [3.05, 3.63) is 100 Å². The van der Waals surface area contributed by atoms with Crippen LogP contribution in [0.3, 0.4) is 0 Å². The number of hydrogen-bond acceptors (Lipinski definition) is 11. The van der Waals surface area contributed by atoms with E-state index in [0.29, 0.717) is 22.7 Å². The predicted molar refractivity (Wildman–Crippen MR) is 163 cm³/mol. The summed E-state index contributed by atoms with van der Waals surface area (Å²) in [6.07, 6.45) is 0.648. The topological polar surface area (TPSA) is 192 Å². The summed E-state index contributed by atoms with van der Waals surface area (Å²) in [6, 6.07) is 19.6. The van der Waals surface area contributed by atoms with Gasteiger partial charge in [-0.15, -0.1) is 11.3 Å². The van der Waals surface area contributed by atoms with Crippen molar-refractivity contribution in [2.75, 3.05) is 5.32 Å². The minimum absolute atomic E-state index is 0.00881. The molecule has 0 radical (unpaired) electrons. The largest absolute Gasteiger partial charge is 0.380 e. The average molecular weight is 634 g/mol. The number of para-hydroxylation sites is 1. The van der Waals surface area contributed by atoms with Crippen molar-refractivity contribution in [1.29, 1.82) is 0 Å². The summed E-state index contributed by atoms with van der Waals surface area (Å²) < 4.78 is 35.8. The summed E-state index contributed by atoms with van der Waals surface area (Å²) >= 11 is 1.37. The van der Waals surface area contributed by atoms with Crippen LogP contribution >= 0.6 is 11.3 Å². The third-order valence-corrected chi connectivity index (χ3v) is 8.97. The van der Waals surface area contributed by atoms with Crippen molar-refractivity contribution in [2.24, 2.45) is 10.9 Å². The second-order valence-electron chi connectivity index (χ2n) is 9.55. The van der Waals surface area contributed by atoms with E-state index in [9.17, 15) is 18.0 Å². The molecule has 2 heterocycles. The van der Waals surface area contributed by atoms with Crippen LogP contribution in [0.4, 0.5) is 5.69 Å². The van der Waals surface area contributed by atoms with Gasteiger partial charge in [0.2, 0.25) is 10.0 Å². The van der Waals surface area contributed by atoms with Crippen molar-refractivity contribution in [2.45, 2.75) is 37.6 Å². The lowest BCUT2D eigenvalue weighted by Crippen LogP contribution is -2.30. The second kappa shape index (κ2) is 13.1. The number of anilines is 1. The molecule has 4 N–H and O–H groups in total. The Kier molecular flexibility index (Phi) is 9.08. The van der Waals surface area contributed by atoms with Crippen LogP contribution in [0.5, 0.6) is 0 Å². The van der Waals surface area contributed by atoms with Gasteiger partial charge in [-0.05, 0) is 60.0 Å². The quantitative estimate of drug-likeness (QED) is 0.0831. The normalized spacial score (nSPS) is 12.6. The fourth-order valence-electron chi connectivity index (χ4n) is 4.28. The number of nitrogens with one attached hydrogen (secondary N) is 2. The summed E-state index contributed by atoms with van der Waals surface area (Å²) in [7, 11) is -4.12. The average Bonchev–Trinajstić information content (AvgIpc) is 3.67. The molecule has 3 aromatic carbocycles. The Balaban J connectivity index is 1.44. The molecule has 5 aromatic rings. The second-order valence-corrected chi connectivity index (χ2v) is 12.3. The van der Waals surface area contributed by atoms with Gasteiger partial charge >= 0.3 is 5.97 Å². The van der Waals surface area contributed by atoms with Crippen molar-refractivity contribution >= 4 is 55.0 Å². The van der Waals surface area contributed by atoms with Crippen LogP contribution in [0.1, 0.15) is 52.2 Å². The summed E-state index contributed by atoms with van der Waals surface area (Å²) in [6.45, 7) is 3.01. The van der Waals surface area contributed by atoms with Gasteiger partial charge in [-0.3, -0.25) is 4.79 Å². The maximum absolute atomic E-state index is 13.7. The van der Waals surface area contributed by atoms with Gasteiger partial charge in [0.05, 0.1) is 21.2 Å².